The lowest BCUT2D eigenvalue weighted by Gasteiger charge is -2.08. The minimum Gasteiger partial charge on any atom is -0.396 e. The molecule has 0 atom stereocenters. The number of aryl methyl sites for hydroxylation is 1. The van der Waals surface area contributed by atoms with Crippen LogP contribution in [0.3, 0.4) is 0 Å². The van der Waals surface area contributed by atoms with Crippen LogP contribution in [0.25, 0.3) is 0 Å². The molecule has 18 heavy (non-hydrogen) atoms. The van der Waals surface area contributed by atoms with Crippen molar-refractivity contribution < 1.29 is 23.0 Å². The molecule has 0 saturated carbocycles. The number of aromatic amines is 1. The van der Waals surface area contributed by atoms with E-state index in [4.69, 9.17) is 5.11 Å². The number of nitrogens with zero attached hydrogens (tertiary/aromatic N) is 1. The van der Waals surface area contributed by atoms with E-state index in [0.29, 0.717) is 11.3 Å². The summed E-state index contributed by atoms with van der Waals surface area (Å²) in [6.45, 7) is -0.466. The van der Waals surface area contributed by atoms with Gasteiger partial charge in [0.25, 0.3) is 5.56 Å². The van der Waals surface area contributed by atoms with E-state index in [2.05, 4.69) is 14.7 Å². The molecule has 0 saturated heterocycles. The van der Waals surface area contributed by atoms with Gasteiger partial charge in [0, 0.05) is 24.3 Å². The van der Waals surface area contributed by atoms with Gasteiger partial charge in [-0.15, -0.1) is 0 Å². The van der Waals surface area contributed by atoms with Crippen LogP contribution < -0.4 is 5.56 Å². The number of aliphatic hydroxyl groups is 1. The van der Waals surface area contributed by atoms with E-state index in [1.807, 2.05) is 0 Å². The Morgan fingerprint density at radius 2 is 2.11 bits per heavy atom. The van der Waals surface area contributed by atoms with E-state index >= 15 is 0 Å². The van der Waals surface area contributed by atoms with E-state index in [9.17, 15) is 18.0 Å². The highest BCUT2D eigenvalue weighted by atomic mass is 19.4. The Morgan fingerprint density at radius 1 is 1.44 bits per heavy atom. The second-order valence-electron chi connectivity index (χ2n) is 3.66. The number of halogens is 3. The Labute approximate surface area is 101 Å². The summed E-state index contributed by atoms with van der Waals surface area (Å²) in [5, 5.41) is 8.74. The van der Waals surface area contributed by atoms with Crippen LogP contribution in [0, 0.1) is 6.92 Å². The van der Waals surface area contributed by atoms with Gasteiger partial charge in [0.1, 0.15) is 19.0 Å². The minimum absolute atomic E-state index is 0.0310. The van der Waals surface area contributed by atoms with E-state index in [0.717, 1.165) is 0 Å². The summed E-state index contributed by atoms with van der Waals surface area (Å²) in [5.41, 5.74) is 0.220. The van der Waals surface area contributed by atoms with Crippen molar-refractivity contribution in [2.24, 2.45) is 0 Å². The quantitative estimate of drug-likeness (QED) is 0.822. The van der Waals surface area contributed by atoms with Crippen LogP contribution in [0.4, 0.5) is 13.2 Å². The topological polar surface area (TPSA) is 75.2 Å². The third-order valence-electron chi connectivity index (χ3n) is 2.14. The summed E-state index contributed by atoms with van der Waals surface area (Å²) in [5.74, 6) is 0.0310. The Hall–Kier alpha value is -1.41. The summed E-state index contributed by atoms with van der Waals surface area (Å²) in [4.78, 5) is 17.8. The average molecular weight is 266 g/mol. The van der Waals surface area contributed by atoms with Gasteiger partial charge in [0.05, 0.1) is 0 Å². The fourth-order valence-electron chi connectivity index (χ4n) is 1.41. The highest BCUT2D eigenvalue weighted by Gasteiger charge is 2.27. The molecule has 5 nitrogen and oxygen atoms in total. The van der Waals surface area contributed by atoms with Crippen molar-refractivity contribution in [1.82, 2.24) is 9.97 Å². The van der Waals surface area contributed by atoms with Gasteiger partial charge in [0.15, 0.2) is 0 Å². The van der Waals surface area contributed by atoms with Crippen LogP contribution in [0.5, 0.6) is 0 Å². The molecule has 1 aromatic rings. The number of aromatic nitrogens is 2. The van der Waals surface area contributed by atoms with E-state index in [1.54, 1.807) is 6.92 Å². The van der Waals surface area contributed by atoms with E-state index < -0.39 is 24.9 Å². The molecule has 0 spiro atoms. The smallest absolute Gasteiger partial charge is 0.396 e. The van der Waals surface area contributed by atoms with E-state index in [1.165, 1.54) is 0 Å². The van der Waals surface area contributed by atoms with Crippen LogP contribution in [0.15, 0.2) is 4.79 Å². The van der Waals surface area contributed by atoms with Crippen LogP contribution in [-0.2, 0) is 17.8 Å². The third-order valence-corrected chi connectivity index (χ3v) is 2.14. The van der Waals surface area contributed by atoms with E-state index in [-0.39, 0.29) is 18.9 Å². The number of alkyl halides is 3. The number of hydrogen-bond acceptors (Lipinski definition) is 4. The molecule has 8 heteroatoms. The molecule has 102 valence electrons. The van der Waals surface area contributed by atoms with Gasteiger partial charge in [-0.1, -0.05) is 0 Å². The molecule has 0 fully saturated rings. The first-order chi connectivity index (χ1) is 8.33. The largest absolute Gasteiger partial charge is 0.411 e. The number of hydrogen-bond donors (Lipinski definition) is 2. The molecule has 1 heterocycles. The van der Waals surface area contributed by atoms with Gasteiger partial charge >= 0.3 is 6.18 Å². The van der Waals surface area contributed by atoms with Crippen LogP contribution >= 0.6 is 0 Å². The highest BCUT2D eigenvalue weighted by Crippen LogP contribution is 2.15. The van der Waals surface area contributed by atoms with Gasteiger partial charge in [-0.05, 0) is 6.92 Å². The molecule has 0 aliphatic rings. The van der Waals surface area contributed by atoms with Crippen LogP contribution in [0.1, 0.15) is 17.1 Å². The molecule has 0 unspecified atom stereocenters. The molecular weight excluding hydrogens is 253 g/mol. The summed E-state index contributed by atoms with van der Waals surface area (Å²) >= 11 is 0. The lowest BCUT2D eigenvalue weighted by atomic mass is 10.2. The third kappa shape index (κ3) is 4.46. The predicted octanol–water partition coefficient (Wildman–Crippen LogP) is 0.692. The Balaban J connectivity index is 2.72. The number of nitrogens with one attached hydrogen (secondary N) is 1. The Bertz CT molecular complexity index is 457. The maximum atomic E-state index is 11.8. The number of rotatable bonds is 5. The first kappa shape index (κ1) is 14.7. The van der Waals surface area contributed by atoms with Crippen molar-refractivity contribution in [1.29, 1.82) is 0 Å². The van der Waals surface area contributed by atoms with Crippen LogP contribution in [0.2, 0.25) is 0 Å². The summed E-state index contributed by atoms with van der Waals surface area (Å²) in [7, 11) is 0. The molecule has 0 amide bonds. The normalized spacial score (nSPS) is 11.8. The molecule has 0 bridgehead atoms. The summed E-state index contributed by atoms with van der Waals surface area (Å²) in [6, 6.07) is 0. The van der Waals surface area contributed by atoms with Crippen molar-refractivity contribution in [3.05, 3.63) is 27.4 Å². The molecule has 0 aromatic carbocycles. The molecule has 1 rings (SSSR count). The summed E-state index contributed by atoms with van der Waals surface area (Å²) in [6.07, 6.45) is -4.26. The molecule has 2 N–H and O–H groups in total. The Morgan fingerprint density at radius 3 is 2.61 bits per heavy atom. The first-order valence-electron chi connectivity index (χ1n) is 5.17. The Kier molecular flexibility index (Phi) is 4.85. The average Bonchev–Trinajstić information content (AvgIpc) is 2.21. The fourth-order valence-corrected chi connectivity index (χ4v) is 1.41. The molecule has 0 aliphatic heterocycles. The van der Waals surface area contributed by atoms with Gasteiger partial charge in [-0.25, -0.2) is 4.98 Å². The standard InChI is InChI=1S/C10H13F3N2O3/c1-6-7(2-3-16)9(17)15-8(14-6)4-18-5-10(11,12)13/h16H,2-5H2,1H3,(H,14,15,17). The maximum absolute atomic E-state index is 11.8. The second kappa shape index (κ2) is 5.96. The SMILES string of the molecule is Cc1nc(COCC(F)(F)F)[nH]c(=O)c1CCO. The van der Waals surface area contributed by atoms with Gasteiger partial charge in [-0.3, -0.25) is 4.79 Å². The zero-order valence-corrected chi connectivity index (χ0v) is 9.67. The van der Waals surface area contributed by atoms with Crippen molar-refractivity contribution in [3.63, 3.8) is 0 Å². The maximum Gasteiger partial charge on any atom is 0.411 e. The van der Waals surface area contributed by atoms with Gasteiger partial charge < -0.3 is 14.8 Å². The molecule has 1 aromatic heterocycles. The lowest BCUT2D eigenvalue weighted by molar-refractivity contribution is -0.177. The van der Waals surface area contributed by atoms with Crippen LogP contribution in [-0.4, -0.2) is 34.5 Å². The minimum atomic E-state index is -4.41. The number of H-pyrrole nitrogens is 1. The van der Waals surface area contributed by atoms with Gasteiger partial charge in [0.2, 0.25) is 0 Å². The molecule has 0 aliphatic carbocycles. The summed E-state index contributed by atoms with van der Waals surface area (Å²) < 4.78 is 39.9. The van der Waals surface area contributed by atoms with Crippen molar-refractivity contribution in [3.8, 4) is 0 Å². The first-order valence-corrected chi connectivity index (χ1v) is 5.17. The second-order valence-corrected chi connectivity index (χ2v) is 3.66. The highest BCUT2D eigenvalue weighted by molar-refractivity contribution is 5.16. The molecule has 0 radical (unpaired) electrons. The van der Waals surface area contributed by atoms with Crippen molar-refractivity contribution in [2.75, 3.05) is 13.2 Å². The lowest BCUT2D eigenvalue weighted by Crippen LogP contribution is -2.22. The van der Waals surface area contributed by atoms with Crippen molar-refractivity contribution in [2.45, 2.75) is 26.1 Å². The zero-order valence-electron chi connectivity index (χ0n) is 9.67. The zero-order chi connectivity index (χ0) is 13.8. The van der Waals surface area contributed by atoms with Gasteiger partial charge in [-0.2, -0.15) is 13.2 Å². The fraction of sp³-hybridized carbons (Fsp3) is 0.600. The molecular formula is C10H13F3N2O3. The monoisotopic (exact) mass is 266 g/mol. The predicted molar refractivity (Wildman–Crippen MR) is 56.1 cm³/mol. The van der Waals surface area contributed by atoms with Crippen molar-refractivity contribution >= 4 is 0 Å². The number of ether oxygens (including phenoxy) is 1. The number of aliphatic hydroxyl groups excluding tert-OH is 1.